The highest BCUT2D eigenvalue weighted by Gasteiger charge is 2.24. The smallest absolute Gasteiger partial charge is 0.251 e. The molecule has 0 N–H and O–H groups in total. The Morgan fingerprint density at radius 2 is 2.03 bits per heavy atom. The van der Waals surface area contributed by atoms with Gasteiger partial charge in [-0.15, -0.1) is 0 Å². The normalized spacial score (nSPS) is 22.7. The largest absolute Gasteiger partial charge is 0.378 e. The van der Waals surface area contributed by atoms with Crippen LogP contribution in [0.4, 0.5) is 0 Å². The van der Waals surface area contributed by atoms with E-state index in [0.717, 1.165) is 60.8 Å². The van der Waals surface area contributed by atoms with Crippen LogP contribution in [0.1, 0.15) is 49.8 Å². The van der Waals surface area contributed by atoms with Crippen molar-refractivity contribution in [1.82, 2.24) is 4.57 Å². The third kappa shape index (κ3) is 4.47. The maximum absolute atomic E-state index is 13.0. The molecule has 0 spiro atoms. The number of halogens is 1. The summed E-state index contributed by atoms with van der Waals surface area (Å²) < 4.78 is 13.3. The standard InChI is InChI=1S/C23H26ClNO4/c1-15-8-16-5-6-18(24)9-21(16)22-11-23(27)25(12-17(22)14-29-15)19(13-26)10-20-4-2-3-7-28-20/h5-6,9,11-13,15,19-20H,2-4,7-8,10,14H2,1H3. The van der Waals surface area contributed by atoms with Crippen molar-refractivity contribution in [1.29, 1.82) is 0 Å². The van der Waals surface area contributed by atoms with Crippen molar-refractivity contribution in [3.05, 3.63) is 57.0 Å². The van der Waals surface area contributed by atoms with Crippen molar-refractivity contribution in [2.24, 2.45) is 0 Å². The first-order valence-electron chi connectivity index (χ1n) is 10.3. The van der Waals surface area contributed by atoms with E-state index in [9.17, 15) is 9.59 Å². The minimum absolute atomic E-state index is 0.0173. The van der Waals surface area contributed by atoms with Crippen LogP contribution in [0.25, 0.3) is 11.1 Å². The summed E-state index contributed by atoms with van der Waals surface area (Å²) in [4.78, 5) is 24.8. The molecule has 0 bridgehead atoms. The number of pyridine rings is 1. The van der Waals surface area contributed by atoms with E-state index in [-0.39, 0.29) is 17.8 Å². The Bertz CT molecular complexity index is 948. The number of carbonyl (C=O) groups is 1. The SMILES string of the molecule is CC1Cc2ccc(Cl)cc2-c2cc(=O)n(C(C=O)CC3CCCCO3)cc2CO1. The highest BCUT2D eigenvalue weighted by Crippen LogP contribution is 2.33. The maximum Gasteiger partial charge on any atom is 0.251 e. The number of aldehydes is 1. The number of carbonyl (C=O) groups excluding carboxylic acids is 1. The summed E-state index contributed by atoms with van der Waals surface area (Å²) in [6, 6.07) is 6.83. The quantitative estimate of drug-likeness (QED) is 0.697. The molecule has 1 fully saturated rings. The molecule has 0 radical (unpaired) electrons. The average Bonchev–Trinajstić information content (AvgIpc) is 2.72. The van der Waals surface area contributed by atoms with Crippen LogP contribution in [0.5, 0.6) is 0 Å². The third-order valence-corrected chi connectivity index (χ3v) is 6.08. The minimum Gasteiger partial charge on any atom is -0.378 e. The lowest BCUT2D eigenvalue weighted by Gasteiger charge is -2.27. The van der Waals surface area contributed by atoms with Crippen LogP contribution in [-0.4, -0.2) is 29.7 Å². The van der Waals surface area contributed by atoms with Gasteiger partial charge in [0.2, 0.25) is 0 Å². The molecule has 1 aromatic heterocycles. The van der Waals surface area contributed by atoms with E-state index in [0.29, 0.717) is 18.1 Å². The second kappa shape index (κ2) is 8.82. The summed E-state index contributed by atoms with van der Waals surface area (Å²) in [6.07, 6.45) is 7.04. The molecule has 5 nitrogen and oxygen atoms in total. The first-order chi connectivity index (χ1) is 14.0. The number of ether oxygens (including phenoxy) is 2. The fourth-order valence-corrected chi connectivity index (χ4v) is 4.46. The zero-order valence-corrected chi connectivity index (χ0v) is 17.4. The first-order valence-corrected chi connectivity index (χ1v) is 10.7. The number of rotatable bonds is 4. The second-order valence-electron chi connectivity index (χ2n) is 8.01. The zero-order chi connectivity index (χ0) is 20.4. The predicted molar refractivity (Wildman–Crippen MR) is 112 cm³/mol. The molecular weight excluding hydrogens is 390 g/mol. The Morgan fingerprint density at radius 1 is 1.21 bits per heavy atom. The minimum atomic E-state index is -0.544. The summed E-state index contributed by atoms with van der Waals surface area (Å²) in [5.74, 6) is 0. The first kappa shape index (κ1) is 20.3. The van der Waals surface area contributed by atoms with Gasteiger partial charge in [-0.3, -0.25) is 4.79 Å². The number of nitrogens with zero attached hydrogens (tertiary/aromatic N) is 1. The Kier molecular flexibility index (Phi) is 6.18. The van der Waals surface area contributed by atoms with Gasteiger partial charge in [0.1, 0.15) is 6.29 Å². The molecule has 154 valence electrons. The molecule has 2 aliphatic heterocycles. The van der Waals surface area contributed by atoms with Crippen molar-refractivity contribution in [3.63, 3.8) is 0 Å². The van der Waals surface area contributed by atoms with Gasteiger partial charge in [-0.25, -0.2) is 0 Å². The van der Waals surface area contributed by atoms with Crippen LogP contribution >= 0.6 is 11.6 Å². The summed E-state index contributed by atoms with van der Waals surface area (Å²) in [5.41, 5.74) is 3.58. The molecule has 4 rings (SSSR count). The summed E-state index contributed by atoms with van der Waals surface area (Å²) in [6.45, 7) is 3.14. The van der Waals surface area contributed by atoms with E-state index in [1.807, 2.05) is 25.1 Å². The van der Waals surface area contributed by atoms with E-state index in [4.69, 9.17) is 21.1 Å². The highest BCUT2D eigenvalue weighted by atomic mass is 35.5. The molecule has 3 heterocycles. The maximum atomic E-state index is 13.0. The Balaban J connectivity index is 1.74. The van der Waals surface area contributed by atoms with Crippen LogP contribution in [0, 0.1) is 0 Å². The molecule has 29 heavy (non-hydrogen) atoms. The van der Waals surface area contributed by atoms with Crippen LogP contribution in [0.3, 0.4) is 0 Å². The lowest BCUT2D eigenvalue weighted by atomic mass is 9.92. The van der Waals surface area contributed by atoms with Gasteiger partial charge >= 0.3 is 0 Å². The van der Waals surface area contributed by atoms with E-state index in [1.54, 1.807) is 12.3 Å². The molecule has 6 heteroatoms. The monoisotopic (exact) mass is 415 g/mol. The molecule has 1 saturated heterocycles. The fourth-order valence-electron chi connectivity index (χ4n) is 4.29. The molecule has 2 aliphatic rings. The highest BCUT2D eigenvalue weighted by molar-refractivity contribution is 6.30. The van der Waals surface area contributed by atoms with Crippen molar-refractivity contribution in [2.75, 3.05) is 6.61 Å². The van der Waals surface area contributed by atoms with E-state index >= 15 is 0 Å². The van der Waals surface area contributed by atoms with Gasteiger partial charge in [0.15, 0.2) is 0 Å². The Morgan fingerprint density at radius 3 is 2.79 bits per heavy atom. The van der Waals surface area contributed by atoms with Crippen LogP contribution in [0.15, 0.2) is 35.3 Å². The van der Waals surface area contributed by atoms with E-state index < -0.39 is 6.04 Å². The lowest BCUT2D eigenvalue weighted by Crippen LogP contribution is -2.31. The topological polar surface area (TPSA) is 57.5 Å². The molecular formula is C23H26ClNO4. The van der Waals surface area contributed by atoms with Crippen LogP contribution in [0.2, 0.25) is 5.02 Å². The van der Waals surface area contributed by atoms with Crippen molar-refractivity contribution < 1.29 is 14.3 Å². The fraction of sp³-hybridized carbons (Fsp3) is 0.478. The van der Waals surface area contributed by atoms with Gasteiger partial charge in [0.05, 0.1) is 24.9 Å². The summed E-state index contributed by atoms with van der Waals surface area (Å²) in [7, 11) is 0. The Hall–Kier alpha value is -1.95. The van der Waals surface area contributed by atoms with Crippen LogP contribution < -0.4 is 5.56 Å². The van der Waals surface area contributed by atoms with E-state index in [1.165, 1.54) is 4.57 Å². The van der Waals surface area contributed by atoms with Gasteiger partial charge < -0.3 is 18.8 Å². The molecule has 1 aromatic carbocycles. The van der Waals surface area contributed by atoms with Crippen molar-refractivity contribution in [2.45, 2.75) is 63.9 Å². The molecule has 3 atom stereocenters. The van der Waals surface area contributed by atoms with Gasteiger partial charge in [0.25, 0.3) is 5.56 Å². The number of hydrogen-bond donors (Lipinski definition) is 0. The molecule has 2 aromatic rings. The molecule has 0 amide bonds. The third-order valence-electron chi connectivity index (χ3n) is 5.85. The number of benzene rings is 1. The van der Waals surface area contributed by atoms with E-state index in [2.05, 4.69) is 0 Å². The van der Waals surface area contributed by atoms with Gasteiger partial charge in [-0.05, 0) is 61.4 Å². The summed E-state index contributed by atoms with van der Waals surface area (Å²) in [5, 5.41) is 0.633. The van der Waals surface area contributed by atoms with Gasteiger partial charge in [-0.1, -0.05) is 17.7 Å². The molecule has 0 aliphatic carbocycles. The summed E-state index contributed by atoms with van der Waals surface area (Å²) >= 11 is 6.25. The molecule has 3 unspecified atom stereocenters. The Labute approximate surface area is 175 Å². The van der Waals surface area contributed by atoms with Crippen molar-refractivity contribution in [3.8, 4) is 11.1 Å². The average molecular weight is 416 g/mol. The van der Waals surface area contributed by atoms with Gasteiger partial charge in [0, 0.05) is 35.9 Å². The van der Waals surface area contributed by atoms with Crippen LogP contribution in [-0.2, 0) is 27.3 Å². The number of hydrogen-bond acceptors (Lipinski definition) is 4. The van der Waals surface area contributed by atoms with Crippen molar-refractivity contribution >= 4 is 17.9 Å². The molecule has 0 saturated carbocycles. The zero-order valence-electron chi connectivity index (χ0n) is 16.6. The number of fused-ring (bicyclic) bond motifs is 3. The second-order valence-corrected chi connectivity index (χ2v) is 8.45. The lowest BCUT2D eigenvalue weighted by molar-refractivity contribution is -0.112. The number of aromatic nitrogens is 1. The predicted octanol–water partition coefficient (Wildman–Crippen LogP) is 4.33. The van der Waals surface area contributed by atoms with Gasteiger partial charge in [-0.2, -0.15) is 0 Å².